The van der Waals surface area contributed by atoms with Crippen LogP contribution in [0.3, 0.4) is 0 Å². The molecule has 178 valence electrons. The van der Waals surface area contributed by atoms with Gasteiger partial charge in [-0.2, -0.15) is 0 Å². The van der Waals surface area contributed by atoms with Gasteiger partial charge in [0, 0.05) is 0 Å². The smallest absolute Gasteiger partial charge is 0.125 e. The fourth-order valence-electron chi connectivity index (χ4n) is 6.09. The molecule has 0 amide bonds. The van der Waals surface area contributed by atoms with Gasteiger partial charge in [0.15, 0.2) is 0 Å². The Kier molecular flexibility index (Phi) is 7.30. The van der Waals surface area contributed by atoms with Crippen molar-refractivity contribution in [2.45, 2.75) is 76.7 Å². The van der Waals surface area contributed by atoms with Crippen LogP contribution in [-0.4, -0.2) is 19.8 Å². The largest absolute Gasteiger partial charge is 0.368 e. The summed E-state index contributed by atoms with van der Waals surface area (Å²) in [7, 11) is -2.20. The maximum Gasteiger partial charge on any atom is 0.125 e. The van der Waals surface area contributed by atoms with Gasteiger partial charge in [-0.3, -0.25) is 0 Å². The summed E-state index contributed by atoms with van der Waals surface area (Å²) < 4.78 is 7.02. The van der Waals surface area contributed by atoms with Crippen LogP contribution >= 0.6 is 0 Å². The van der Waals surface area contributed by atoms with E-state index in [1.165, 1.54) is 21.5 Å². The summed E-state index contributed by atoms with van der Waals surface area (Å²) in [6.07, 6.45) is 5.71. The van der Waals surface area contributed by atoms with Crippen molar-refractivity contribution in [3.63, 3.8) is 0 Å². The molecule has 1 heterocycles. The van der Waals surface area contributed by atoms with Gasteiger partial charge in [0.05, 0.1) is 11.7 Å². The first-order chi connectivity index (χ1) is 16.3. The number of hydrogen-bond acceptors (Lipinski definition) is 1. The molecule has 0 saturated carbocycles. The first kappa shape index (κ1) is 24.7. The minimum Gasteiger partial charge on any atom is -0.368 e. The lowest BCUT2D eigenvalue weighted by Crippen LogP contribution is -2.66. The van der Waals surface area contributed by atoms with E-state index in [1.807, 2.05) is 0 Å². The number of ether oxygens (including phenoxy) is 1. The summed E-state index contributed by atoms with van der Waals surface area (Å²) in [5, 5.41) is 3.14. The third-order valence-electron chi connectivity index (χ3n) is 7.60. The molecule has 2 atom stereocenters. The molecule has 0 N–H and O–H groups in total. The summed E-state index contributed by atoms with van der Waals surface area (Å²) >= 11 is 0. The van der Waals surface area contributed by atoms with Crippen LogP contribution in [-0.2, 0) is 4.74 Å². The Morgan fingerprint density at radius 1 is 0.824 bits per heavy atom. The van der Waals surface area contributed by atoms with Crippen molar-refractivity contribution in [1.82, 2.24) is 0 Å². The van der Waals surface area contributed by atoms with Gasteiger partial charge in [-0.15, -0.1) is 0 Å². The van der Waals surface area contributed by atoms with Crippen LogP contribution in [0.1, 0.15) is 59.4 Å². The molecule has 0 saturated heterocycles. The van der Waals surface area contributed by atoms with Gasteiger partial charge >= 0.3 is 0 Å². The second kappa shape index (κ2) is 10.1. The third kappa shape index (κ3) is 4.99. The monoisotopic (exact) mass is 468 g/mol. The van der Waals surface area contributed by atoms with Gasteiger partial charge in [-0.25, -0.2) is 0 Å². The van der Waals surface area contributed by atoms with Gasteiger partial charge < -0.3 is 4.74 Å². The summed E-state index contributed by atoms with van der Waals surface area (Å²) in [6.45, 7) is 11.9. The molecule has 0 radical (unpaired) electrons. The zero-order valence-corrected chi connectivity index (χ0v) is 22.6. The Labute approximate surface area is 207 Å². The molecule has 0 aliphatic carbocycles. The summed E-state index contributed by atoms with van der Waals surface area (Å²) in [5.74, 6) is 0. The Morgan fingerprint density at radius 2 is 1.32 bits per heavy atom. The Balaban J connectivity index is 1.82. The standard InChI is InChI=1S/C32H40OSi/c1-6-22-32(5)24-27(26-16-10-7-11-17-26)23-28(33-32)25-34(31(2,3)4,29-18-12-8-13-19-29)30-20-14-9-15-21-30/h7-21,24,28H,6,22-23,25H2,1-5H3/t28-,32-/m0/s1. The fraction of sp³-hybridized carbons (Fsp3) is 0.375. The molecule has 1 aliphatic heterocycles. The van der Waals surface area contributed by atoms with Crippen molar-refractivity contribution in [2.24, 2.45) is 0 Å². The van der Waals surface area contributed by atoms with E-state index in [0.717, 1.165) is 25.3 Å². The van der Waals surface area contributed by atoms with Crippen molar-refractivity contribution in [2.75, 3.05) is 0 Å². The van der Waals surface area contributed by atoms with Crippen LogP contribution in [0.5, 0.6) is 0 Å². The van der Waals surface area contributed by atoms with Crippen LogP contribution < -0.4 is 10.4 Å². The molecule has 1 aliphatic rings. The zero-order chi connectivity index (χ0) is 24.2. The Hall–Kier alpha value is -2.42. The van der Waals surface area contributed by atoms with E-state index in [2.05, 4.69) is 132 Å². The predicted molar refractivity (Wildman–Crippen MR) is 150 cm³/mol. The topological polar surface area (TPSA) is 9.23 Å². The highest BCUT2D eigenvalue weighted by Gasteiger charge is 2.50. The van der Waals surface area contributed by atoms with E-state index in [1.54, 1.807) is 0 Å². The minimum absolute atomic E-state index is 0.133. The van der Waals surface area contributed by atoms with Gasteiger partial charge in [-0.1, -0.05) is 135 Å². The third-order valence-corrected chi connectivity index (χ3v) is 13.9. The summed E-state index contributed by atoms with van der Waals surface area (Å²) in [4.78, 5) is 0. The first-order valence-corrected chi connectivity index (χ1v) is 15.0. The minimum atomic E-state index is -2.20. The van der Waals surface area contributed by atoms with Crippen molar-refractivity contribution < 1.29 is 4.74 Å². The van der Waals surface area contributed by atoms with Crippen LogP contribution in [0.2, 0.25) is 11.1 Å². The highest BCUT2D eigenvalue weighted by atomic mass is 28.3. The zero-order valence-electron chi connectivity index (χ0n) is 21.6. The van der Waals surface area contributed by atoms with Crippen molar-refractivity contribution in [1.29, 1.82) is 0 Å². The molecule has 4 rings (SSSR count). The molecular formula is C32H40OSi. The lowest BCUT2D eigenvalue weighted by Gasteiger charge is -2.48. The van der Waals surface area contributed by atoms with Gasteiger partial charge in [0.1, 0.15) is 8.07 Å². The summed E-state index contributed by atoms with van der Waals surface area (Å²) in [5.41, 5.74) is 2.54. The van der Waals surface area contributed by atoms with E-state index in [9.17, 15) is 0 Å². The van der Waals surface area contributed by atoms with Crippen LogP contribution in [0.4, 0.5) is 0 Å². The van der Waals surface area contributed by atoms with E-state index in [0.29, 0.717) is 0 Å². The van der Waals surface area contributed by atoms with Crippen molar-refractivity contribution in [3.05, 3.63) is 103 Å². The van der Waals surface area contributed by atoms with Gasteiger partial charge in [0.2, 0.25) is 0 Å². The van der Waals surface area contributed by atoms with Crippen LogP contribution in [0.25, 0.3) is 5.57 Å². The van der Waals surface area contributed by atoms with Crippen LogP contribution in [0, 0.1) is 0 Å². The fourth-order valence-corrected chi connectivity index (χ4v) is 11.7. The quantitative estimate of drug-likeness (QED) is 0.327. The highest BCUT2D eigenvalue weighted by molar-refractivity contribution is 7.04. The highest BCUT2D eigenvalue weighted by Crippen LogP contribution is 2.44. The van der Waals surface area contributed by atoms with E-state index in [-0.39, 0.29) is 16.7 Å². The molecule has 0 fully saturated rings. The second-order valence-corrected chi connectivity index (χ2v) is 16.0. The van der Waals surface area contributed by atoms with E-state index in [4.69, 9.17) is 4.74 Å². The first-order valence-electron chi connectivity index (χ1n) is 12.8. The Morgan fingerprint density at radius 3 is 1.79 bits per heavy atom. The van der Waals surface area contributed by atoms with Gasteiger partial charge in [0.25, 0.3) is 0 Å². The maximum atomic E-state index is 7.02. The lowest BCUT2D eigenvalue weighted by molar-refractivity contribution is -0.0536. The molecule has 0 aromatic heterocycles. The average Bonchev–Trinajstić information content (AvgIpc) is 2.83. The molecule has 0 unspecified atom stereocenters. The van der Waals surface area contributed by atoms with E-state index >= 15 is 0 Å². The van der Waals surface area contributed by atoms with Crippen molar-refractivity contribution in [3.8, 4) is 0 Å². The normalized spacial score (nSPS) is 21.2. The molecule has 3 aromatic rings. The average molecular weight is 469 g/mol. The van der Waals surface area contributed by atoms with Crippen molar-refractivity contribution >= 4 is 24.0 Å². The van der Waals surface area contributed by atoms with Gasteiger partial charge in [-0.05, 0) is 48.1 Å². The lowest BCUT2D eigenvalue weighted by atomic mass is 9.88. The molecule has 34 heavy (non-hydrogen) atoms. The molecule has 0 spiro atoms. The molecular weight excluding hydrogens is 428 g/mol. The Bertz CT molecular complexity index is 1040. The maximum absolute atomic E-state index is 7.02. The molecule has 0 bridgehead atoms. The van der Waals surface area contributed by atoms with Crippen LogP contribution in [0.15, 0.2) is 97.1 Å². The van der Waals surface area contributed by atoms with E-state index < -0.39 is 8.07 Å². The second-order valence-electron chi connectivity index (χ2n) is 11.1. The molecule has 3 aromatic carbocycles. The predicted octanol–water partition coefficient (Wildman–Crippen LogP) is 7.48. The number of rotatable bonds is 7. The SMILES string of the molecule is CCC[C@@]1(C)C=C(c2ccccc2)C[C@@H](C[Si](c2ccccc2)(c2ccccc2)C(C)(C)C)O1. The summed E-state index contributed by atoms with van der Waals surface area (Å²) in [6, 6.07) is 34.6. The number of hydrogen-bond donors (Lipinski definition) is 0. The molecule has 2 heteroatoms. The number of benzene rings is 3. The molecule has 1 nitrogen and oxygen atoms in total.